The Morgan fingerprint density at radius 2 is 1.88 bits per heavy atom. The second kappa shape index (κ2) is 4.25. The molecule has 17 heavy (non-hydrogen) atoms. The van der Waals surface area contributed by atoms with E-state index in [4.69, 9.17) is 4.74 Å². The standard InChI is InChI=1S/C11H9BrF2O3/c1-16-10(15)11(2-3-11)17-9-7(13)4-6(12)5-8(9)14/h4-5H,2-3H2,1H3. The number of esters is 1. The summed E-state index contributed by atoms with van der Waals surface area (Å²) < 4.78 is 36.9. The van der Waals surface area contributed by atoms with Crippen LogP contribution in [0.2, 0.25) is 0 Å². The van der Waals surface area contributed by atoms with Gasteiger partial charge in [0.2, 0.25) is 5.60 Å². The van der Waals surface area contributed by atoms with Gasteiger partial charge in [0.15, 0.2) is 17.4 Å². The molecule has 1 fully saturated rings. The SMILES string of the molecule is COC(=O)C1(Oc2c(F)cc(Br)cc2F)CC1. The van der Waals surface area contributed by atoms with Crippen molar-refractivity contribution in [2.45, 2.75) is 18.4 Å². The van der Waals surface area contributed by atoms with E-state index in [1.165, 1.54) is 7.11 Å². The third kappa shape index (κ3) is 2.26. The molecule has 1 aromatic rings. The first-order valence-corrected chi connectivity index (χ1v) is 5.70. The maximum absolute atomic E-state index is 13.5. The van der Waals surface area contributed by atoms with E-state index in [0.717, 1.165) is 12.1 Å². The molecular weight excluding hydrogens is 298 g/mol. The van der Waals surface area contributed by atoms with Crippen molar-refractivity contribution < 1.29 is 23.0 Å². The van der Waals surface area contributed by atoms with E-state index in [1.54, 1.807) is 0 Å². The fraction of sp³-hybridized carbons (Fsp3) is 0.364. The Morgan fingerprint density at radius 1 is 1.35 bits per heavy atom. The molecule has 0 bridgehead atoms. The normalized spacial score (nSPS) is 16.5. The topological polar surface area (TPSA) is 35.5 Å². The summed E-state index contributed by atoms with van der Waals surface area (Å²) in [5.41, 5.74) is -1.22. The number of hydrogen-bond donors (Lipinski definition) is 0. The van der Waals surface area contributed by atoms with Crippen LogP contribution in [0.1, 0.15) is 12.8 Å². The molecule has 0 aliphatic heterocycles. The number of benzene rings is 1. The van der Waals surface area contributed by atoms with Gasteiger partial charge in [-0.05, 0) is 12.1 Å². The third-order valence-electron chi connectivity index (χ3n) is 2.52. The number of methoxy groups -OCH3 is 1. The maximum atomic E-state index is 13.5. The Balaban J connectivity index is 2.28. The summed E-state index contributed by atoms with van der Waals surface area (Å²) in [6, 6.07) is 2.15. The predicted molar refractivity (Wildman–Crippen MR) is 58.7 cm³/mol. The Hall–Kier alpha value is -1.17. The molecule has 0 saturated heterocycles. The number of rotatable bonds is 3. The van der Waals surface area contributed by atoms with Crippen LogP contribution in [0.5, 0.6) is 5.75 Å². The third-order valence-corrected chi connectivity index (χ3v) is 2.98. The van der Waals surface area contributed by atoms with Gasteiger partial charge >= 0.3 is 5.97 Å². The van der Waals surface area contributed by atoms with Crippen LogP contribution in [-0.4, -0.2) is 18.7 Å². The number of halogens is 3. The van der Waals surface area contributed by atoms with Crippen molar-refractivity contribution in [3.8, 4) is 5.75 Å². The smallest absolute Gasteiger partial charge is 0.350 e. The number of ether oxygens (including phenoxy) is 2. The zero-order valence-electron chi connectivity index (χ0n) is 8.93. The Labute approximate surface area is 105 Å². The minimum atomic E-state index is -1.22. The van der Waals surface area contributed by atoms with Crippen molar-refractivity contribution in [1.82, 2.24) is 0 Å². The quantitative estimate of drug-likeness (QED) is 0.806. The van der Waals surface area contributed by atoms with Crippen molar-refractivity contribution in [2.75, 3.05) is 7.11 Å². The maximum Gasteiger partial charge on any atom is 0.350 e. The molecular formula is C11H9BrF2O3. The lowest BCUT2D eigenvalue weighted by molar-refractivity contribution is -0.151. The Bertz CT molecular complexity index is 449. The molecule has 1 aliphatic rings. The fourth-order valence-corrected chi connectivity index (χ4v) is 1.87. The average Bonchev–Trinajstić information content (AvgIpc) is 3.03. The monoisotopic (exact) mass is 306 g/mol. The van der Waals surface area contributed by atoms with E-state index in [2.05, 4.69) is 20.7 Å². The summed E-state index contributed by atoms with van der Waals surface area (Å²) in [5.74, 6) is -2.87. The Kier molecular flexibility index (Phi) is 3.07. The summed E-state index contributed by atoms with van der Waals surface area (Å²) in [7, 11) is 1.21. The van der Waals surface area contributed by atoms with Crippen LogP contribution in [0, 0.1) is 11.6 Å². The fourth-order valence-electron chi connectivity index (χ4n) is 1.47. The molecule has 0 unspecified atom stereocenters. The zero-order chi connectivity index (χ0) is 12.6. The lowest BCUT2D eigenvalue weighted by Gasteiger charge is -2.16. The van der Waals surface area contributed by atoms with Gasteiger partial charge in [-0.3, -0.25) is 0 Å². The van der Waals surface area contributed by atoms with Gasteiger partial charge in [0.1, 0.15) is 0 Å². The minimum absolute atomic E-state index is 0.266. The van der Waals surface area contributed by atoms with E-state index >= 15 is 0 Å². The van der Waals surface area contributed by atoms with Gasteiger partial charge in [-0.2, -0.15) is 0 Å². The van der Waals surface area contributed by atoms with Crippen LogP contribution in [0.4, 0.5) is 8.78 Å². The average molecular weight is 307 g/mol. The summed E-state index contributed by atoms with van der Waals surface area (Å²) >= 11 is 2.96. The van der Waals surface area contributed by atoms with Crippen LogP contribution in [0.25, 0.3) is 0 Å². The molecule has 1 saturated carbocycles. The van der Waals surface area contributed by atoms with Crippen molar-refractivity contribution in [1.29, 1.82) is 0 Å². The van der Waals surface area contributed by atoms with E-state index in [-0.39, 0.29) is 4.47 Å². The van der Waals surface area contributed by atoms with E-state index in [9.17, 15) is 13.6 Å². The molecule has 92 valence electrons. The largest absolute Gasteiger partial charge is 0.469 e. The van der Waals surface area contributed by atoms with Gasteiger partial charge in [-0.1, -0.05) is 15.9 Å². The van der Waals surface area contributed by atoms with Gasteiger partial charge in [0, 0.05) is 17.3 Å². The highest BCUT2D eigenvalue weighted by Crippen LogP contribution is 2.43. The van der Waals surface area contributed by atoms with Gasteiger partial charge < -0.3 is 9.47 Å². The lowest BCUT2D eigenvalue weighted by Crippen LogP contribution is -2.31. The van der Waals surface area contributed by atoms with Crippen molar-refractivity contribution >= 4 is 21.9 Å². The van der Waals surface area contributed by atoms with Gasteiger partial charge in [0.25, 0.3) is 0 Å². The van der Waals surface area contributed by atoms with Crippen molar-refractivity contribution in [3.63, 3.8) is 0 Å². The van der Waals surface area contributed by atoms with Crippen molar-refractivity contribution in [3.05, 3.63) is 28.2 Å². The zero-order valence-corrected chi connectivity index (χ0v) is 10.5. The summed E-state index contributed by atoms with van der Waals surface area (Å²) in [4.78, 5) is 11.4. The predicted octanol–water partition coefficient (Wildman–Crippen LogP) is 2.81. The first kappa shape index (κ1) is 12.3. The highest BCUT2D eigenvalue weighted by atomic mass is 79.9. The molecule has 0 heterocycles. The van der Waals surface area contributed by atoms with E-state index in [0.29, 0.717) is 12.8 Å². The van der Waals surface area contributed by atoms with Crippen LogP contribution >= 0.6 is 15.9 Å². The van der Waals surface area contributed by atoms with E-state index < -0.39 is 29.0 Å². The number of hydrogen-bond acceptors (Lipinski definition) is 3. The molecule has 0 N–H and O–H groups in total. The molecule has 3 nitrogen and oxygen atoms in total. The van der Waals surface area contributed by atoms with Crippen LogP contribution in [-0.2, 0) is 9.53 Å². The lowest BCUT2D eigenvalue weighted by atomic mass is 10.3. The molecule has 0 amide bonds. The molecule has 2 rings (SSSR count). The molecule has 0 atom stereocenters. The first-order chi connectivity index (χ1) is 7.98. The van der Waals surface area contributed by atoms with Gasteiger partial charge in [0.05, 0.1) is 7.11 Å². The van der Waals surface area contributed by atoms with Gasteiger partial charge in [-0.25, -0.2) is 13.6 Å². The highest BCUT2D eigenvalue weighted by molar-refractivity contribution is 9.10. The van der Waals surface area contributed by atoms with Crippen LogP contribution in [0.3, 0.4) is 0 Å². The number of carbonyl (C=O) groups is 1. The second-order valence-electron chi connectivity index (χ2n) is 3.79. The number of carbonyl (C=O) groups excluding carboxylic acids is 1. The summed E-state index contributed by atoms with van der Waals surface area (Å²) in [6.45, 7) is 0. The van der Waals surface area contributed by atoms with Crippen LogP contribution in [0.15, 0.2) is 16.6 Å². The van der Waals surface area contributed by atoms with Crippen molar-refractivity contribution in [2.24, 2.45) is 0 Å². The molecule has 0 radical (unpaired) electrons. The minimum Gasteiger partial charge on any atom is -0.469 e. The summed E-state index contributed by atoms with van der Waals surface area (Å²) in [5, 5.41) is 0. The molecule has 1 aromatic carbocycles. The molecule has 0 spiro atoms. The van der Waals surface area contributed by atoms with Crippen LogP contribution < -0.4 is 4.74 Å². The Morgan fingerprint density at radius 3 is 2.29 bits per heavy atom. The van der Waals surface area contributed by atoms with Gasteiger partial charge in [-0.15, -0.1) is 0 Å². The first-order valence-electron chi connectivity index (χ1n) is 4.90. The molecule has 6 heteroatoms. The highest BCUT2D eigenvalue weighted by Gasteiger charge is 2.55. The molecule has 1 aliphatic carbocycles. The molecule has 0 aromatic heterocycles. The van der Waals surface area contributed by atoms with E-state index in [1.807, 2.05) is 0 Å². The second-order valence-corrected chi connectivity index (χ2v) is 4.70. The summed E-state index contributed by atoms with van der Waals surface area (Å²) in [6.07, 6.45) is 0.795.